The summed E-state index contributed by atoms with van der Waals surface area (Å²) in [5.41, 5.74) is -1.95. The van der Waals surface area contributed by atoms with E-state index in [1.165, 1.54) is 0 Å². The monoisotopic (exact) mass is 574 g/mol. The van der Waals surface area contributed by atoms with Crippen LogP contribution in [0.4, 0.5) is 0 Å². The highest BCUT2D eigenvalue weighted by Gasteiger charge is 2.38. The zero-order valence-electron chi connectivity index (χ0n) is 23.3. The van der Waals surface area contributed by atoms with E-state index in [1.54, 1.807) is 39.8 Å². The highest BCUT2D eigenvalue weighted by Crippen LogP contribution is 2.49. The molecule has 2 aliphatic rings. The number of phenols is 4. The van der Waals surface area contributed by atoms with Crippen LogP contribution in [0.5, 0.6) is 23.0 Å². The first kappa shape index (κ1) is 30.2. The summed E-state index contributed by atoms with van der Waals surface area (Å²) >= 11 is 0. The second kappa shape index (κ2) is 11.2. The van der Waals surface area contributed by atoms with Gasteiger partial charge < -0.3 is 30.6 Å². The second-order valence-electron chi connectivity index (χ2n) is 10.7. The van der Waals surface area contributed by atoms with Gasteiger partial charge in [0.2, 0.25) is 0 Å². The van der Waals surface area contributed by atoms with Gasteiger partial charge in [0.1, 0.15) is 23.0 Å². The third-order valence-corrected chi connectivity index (χ3v) is 7.11. The molecular weight excluding hydrogens is 544 g/mol. The lowest BCUT2D eigenvalue weighted by Gasteiger charge is -2.24. The zero-order valence-corrected chi connectivity index (χ0v) is 23.3. The summed E-state index contributed by atoms with van der Waals surface area (Å²) in [6.07, 6.45) is 2.41. The highest BCUT2D eigenvalue weighted by atomic mass is 16.3. The lowest BCUT2D eigenvalue weighted by atomic mass is 9.81. The number of ketones is 4. The van der Waals surface area contributed by atoms with Crippen molar-refractivity contribution in [1.82, 2.24) is 0 Å². The van der Waals surface area contributed by atoms with Crippen LogP contribution in [0.1, 0.15) is 82.0 Å². The average molecular weight is 575 g/mol. The number of carbonyl (C=O) groups excluding carboxylic acids is 4. The minimum atomic E-state index is -1.35. The van der Waals surface area contributed by atoms with Crippen LogP contribution in [0, 0.1) is 0 Å². The maximum atomic E-state index is 13.2. The number of hydrogen-bond acceptors (Lipinski definition) is 10. The van der Waals surface area contributed by atoms with Gasteiger partial charge in [0, 0.05) is 22.3 Å². The molecule has 0 fully saturated rings. The molecule has 0 aliphatic heterocycles. The lowest BCUT2D eigenvalue weighted by molar-refractivity contribution is 0.0942. The second-order valence-corrected chi connectivity index (χ2v) is 10.7. The Hall–Kier alpha value is -4.80. The Morgan fingerprint density at radius 1 is 0.619 bits per heavy atom. The van der Waals surface area contributed by atoms with Crippen LogP contribution in [-0.4, -0.2) is 66.0 Å². The molecule has 2 aromatic rings. The fourth-order valence-electron chi connectivity index (χ4n) is 4.96. The number of fused-ring (bicyclic) bond motifs is 2. The minimum Gasteiger partial charge on any atom is -0.507 e. The van der Waals surface area contributed by atoms with E-state index in [-0.39, 0.29) is 24.0 Å². The predicted molar refractivity (Wildman–Crippen MR) is 152 cm³/mol. The number of aliphatic hydroxyl groups excluding tert-OH is 2. The zero-order chi connectivity index (χ0) is 31.2. The predicted octanol–water partition coefficient (Wildman–Crippen LogP) is 4.22. The quantitative estimate of drug-likeness (QED) is 0.206. The Labute approximate surface area is 240 Å². The number of hydrogen-bond donors (Lipinski definition) is 6. The Morgan fingerprint density at radius 2 is 0.952 bits per heavy atom. The number of aromatic hydroxyl groups is 4. The number of Topliss-reactive ketones (excluding diaryl/α,β-unsaturated/α-hetero) is 2. The van der Waals surface area contributed by atoms with Crippen LogP contribution in [0.25, 0.3) is 11.1 Å². The van der Waals surface area contributed by atoms with Gasteiger partial charge in [-0.15, -0.1) is 0 Å². The van der Waals surface area contributed by atoms with Crippen molar-refractivity contribution in [1.29, 1.82) is 0 Å². The molecule has 0 amide bonds. The molecule has 0 bridgehead atoms. The van der Waals surface area contributed by atoms with Gasteiger partial charge in [0.15, 0.2) is 23.1 Å². The number of rotatable bonds is 7. The van der Waals surface area contributed by atoms with Crippen LogP contribution in [0.3, 0.4) is 0 Å². The molecule has 0 spiro atoms. The summed E-state index contributed by atoms with van der Waals surface area (Å²) in [4.78, 5) is 52.4. The van der Waals surface area contributed by atoms with Crippen molar-refractivity contribution < 1.29 is 49.8 Å². The van der Waals surface area contributed by atoms with Crippen molar-refractivity contribution in [2.45, 2.75) is 52.7 Å². The maximum Gasteiger partial charge on any atom is 0.196 e. The molecule has 2 aromatic carbocycles. The Bertz CT molecular complexity index is 1570. The molecule has 0 saturated carbocycles. The molecule has 218 valence electrons. The van der Waals surface area contributed by atoms with E-state index < -0.39 is 91.7 Å². The molecule has 42 heavy (non-hydrogen) atoms. The van der Waals surface area contributed by atoms with Gasteiger partial charge in [-0.1, -0.05) is 23.3 Å². The third-order valence-electron chi connectivity index (χ3n) is 7.11. The Kier molecular flexibility index (Phi) is 8.07. The molecule has 4 rings (SSSR count). The van der Waals surface area contributed by atoms with Crippen molar-refractivity contribution in [2.75, 3.05) is 0 Å². The highest BCUT2D eigenvalue weighted by molar-refractivity contribution is 6.29. The summed E-state index contributed by atoms with van der Waals surface area (Å²) < 4.78 is 0. The van der Waals surface area contributed by atoms with Crippen LogP contribution in [0.15, 0.2) is 58.7 Å². The van der Waals surface area contributed by atoms with E-state index in [9.17, 15) is 49.8 Å². The van der Waals surface area contributed by atoms with Crippen LogP contribution in [-0.2, 0) is 0 Å². The minimum absolute atomic E-state index is 0.0322. The number of phenolic OH excluding ortho intramolecular Hbond substituents is 4. The van der Waals surface area contributed by atoms with Crippen LogP contribution in [0.2, 0.25) is 0 Å². The van der Waals surface area contributed by atoms with Crippen molar-refractivity contribution in [3.63, 3.8) is 0 Å². The molecule has 10 heteroatoms. The van der Waals surface area contributed by atoms with Gasteiger partial charge >= 0.3 is 0 Å². The summed E-state index contributed by atoms with van der Waals surface area (Å²) in [7, 11) is 0. The van der Waals surface area contributed by atoms with E-state index in [1.807, 2.05) is 0 Å². The Morgan fingerprint density at radius 3 is 1.26 bits per heavy atom. The van der Waals surface area contributed by atoms with E-state index in [4.69, 9.17) is 0 Å². The molecular formula is C32H30O10. The Balaban J connectivity index is 1.83. The fourth-order valence-corrected chi connectivity index (χ4v) is 4.96. The van der Waals surface area contributed by atoms with Crippen molar-refractivity contribution in [3.8, 4) is 34.1 Å². The van der Waals surface area contributed by atoms with E-state index in [0.717, 1.165) is 35.4 Å². The molecule has 10 nitrogen and oxygen atoms in total. The number of carbonyl (C=O) groups is 4. The van der Waals surface area contributed by atoms with Crippen LogP contribution < -0.4 is 0 Å². The lowest BCUT2D eigenvalue weighted by Crippen LogP contribution is -2.25. The van der Waals surface area contributed by atoms with E-state index in [2.05, 4.69) is 0 Å². The fraction of sp³-hybridized carbons (Fsp3) is 0.250. The molecule has 0 aromatic heterocycles. The van der Waals surface area contributed by atoms with E-state index >= 15 is 0 Å². The van der Waals surface area contributed by atoms with Gasteiger partial charge in [-0.25, -0.2) is 0 Å². The molecule has 6 N–H and O–H groups in total. The van der Waals surface area contributed by atoms with Crippen molar-refractivity contribution >= 4 is 23.1 Å². The molecule has 0 radical (unpaired) electrons. The first-order chi connectivity index (χ1) is 19.6. The van der Waals surface area contributed by atoms with Gasteiger partial charge in [-0.3, -0.25) is 19.2 Å². The third kappa shape index (κ3) is 5.17. The summed E-state index contributed by atoms with van der Waals surface area (Å²) in [6.45, 7) is 7.16. The van der Waals surface area contributed by atoms with Crippen LogP contribution >= 0.6 is 0 Å². The van der Waals surface area contributed by atoms with Crippen molar-refractivity contribution in [3.05, 3.63) is 81.0 Å². The largest absolute Gasteiger partial charge is 0.507 e. The standard InChI is InChI=1S/C32H30O10/c1-13(2)5-7-19(33)17-11-23(37)25-27(31(17)41)21(35)9-15(29(25)39)16-10-22(36)28-26(30(16)40)24(38)12-18(32(28)42)20(34)8-6-14(3)4/h5-6,9-12,19-20,33-36,39-40H,7-8H2,1-4H3/t19-,20+. The average Bonchev–Trinajstić information content (AvgIpc) is 2.91. The molecule has 2 aliphatic carbocycles. The number of allylic oxidation sites excluding steroid dienone is 4. The van der Waals surface area contributed by atoms with Gasteiger partial charge in [-0.2, -0.15) is 0 Å². The van der Waals surface area contributed by atoms with Gasteiger partial charge in [0.25, 0.3) is 0 Å². The SMILES string of the molecule is CC(C)=CC[C@@H](O)C1=CC(=O)c2c(O)c(-c3cc(O)c4c(c3O)C(=O)C=C([C@@H](O)CC=C(C)C)C4=O)cc(O)c2C1=O. The summed E-state index contributed by atoms with van der Waals surface area (Å²) in [6, 6.07) is 1.73. The molecule has 0 unspecified atom stereocenters. The number of benzene rings is 2. The van der Waals surface area contributed by atoms with Crippen molar-refractivity contribution in [2.24, 2.45) is 0 Å². The molecule has 0 heterocycles. The van der Waals surface area contributed by atoms with Gasteiger partial charge in [-0.05, 0) is 64.8 Å². The first-order valence-corrected chi connectivity index (χ1v) is 13.1. The topological polar surface area (TPSA) is 190 Å². The smallest absolute Gasteiger partial charge is 0.196 e. The van der Waals surface area contributed by atoms with Gasteiger partial charge in [0.05, 0.1) is 34.5 Å². The molecule has 0 saturated heterocycles. The summed E-state index contributed by atoms with van der Waals surface area (Å²) in [5.74, 6) is -6.80. The number of aliphatic hydroxyl groups is 2. The van der Waals surface area contributed by atoms with E-state index in [0.29, 0.717) is 0 Å². The first-order valence-electron chi connectivity index (χ1n) is 13.1. The maximum absolute atomic E-state index is 13.2. The normalized spacial score (nSPS) is 15.8. The summed E-state index contributed by atoms with van der Waals surface area (Å²) in [5, 5.41) is 64.7. The molecule has 2 atom stereocenters.